The van der Waals surface area contributed by atoms with Crippen LogP contribution in [0.15, 0.2) is 10.5 Å². The van der Waals surface area contributed by atoms with E-state index in [0.717, 1.165) is 26.2 Å². The van der Waals surface area contributed by atoms with Crippen LogP contribution in [0.4, 0.5) is 0 Å². The lowest BCUT2D eigenvalue weighted by atomic mass is 10.1. The molecule has 2 N–H and O–H groups in total. The molecule has 0 spiro atoms. The van der Waals surface area contributed by atoms with E-state index >= 15 is 0 Å². The van der Waals surface area contributed by atoms with E-state index in [1.165, 1.54) is 0 Å². The molecule has 0 unspecified atom stereocenters. The van der Waals surface area contributed by atoms with E-state index in [4.69, 9.17) is 9.52 Å². The molecule has 1 fully saturated rings. The van der Waals surface area contributed by atoms with Crippen LogP contribution in [0.5, 0.6) is 0 Å². The van der Waals surface area contributed by atoms with Crippen molar-refractivity contribution in [1.82, 2.24) is 9.80 Å². The third-order valence-corrected chi connectivity index (χ3v) is 3.62. The summed E-state index contributed by atoms with van der Waals surface area (Å²) >= 11 is 0. The predicted molar refractivity (Wildman–Crippen MR) is 78.4 cm³/mol. The Morgan fingerprint density at radius 1 is 1.29 bits per heavy atom. The standard InChI is InChI=1S/C15H24N2O4/c1-11-8-12(21-13(11)14(18)19)9-16-4-6-17(7-5-16)10-15(2,3)20/h8,20H,4-7,9-10H2,1-3H3,(H,18,19). The molecule has 6 heteroatoms. The molecule has 0 bridgehead atoms. The summed E-state index contributed by atoms with van der Waals surface area (Å²) in [7, 11) is 0. The second-order valence-corrected chi connectivity index (χ2v) is 6.39. The monoisotopic (exact) mass is 296 g/mol. The maximum Gasteiger partial charge on any atom is 0.372 e. The summed E-state index contributed by atoms with van der Waals surface area (Å²) in [5.74, 6) is -0.291. The van der Waals surface area contributed by atoms with Crippen molar-refractivity contribution >= 4 is 5.97 Å². The predicted octanol–water partition coefficient (Wildman–Crippen LogP) is 1.17. The average Bonchev–Trinajstić information content (AvgIpc) is 2.71. The fourth-order valence-electron chi connectivity index (χ4n) is 2.71. The lowest BCUT2D eigenvalue weighted by Gasteiger charge is -2.36. The summed E-state index contributed by atoms with van der Waals surface area (Å²) < 4.78 is 5.39. The number of nitrogens with zero attached hydrogens (tertiary/aromatic N) is 2. The molecule has 1 aromatic heterocycles. The molecule has 0 radical (unpaired) electrons. The smallest absolute Gasteiger partial charge is 0.372 e. The van der Waals surface area contributed by atoms with Gasteiger partial charge in [-0.25, -0.2) is 4.79 Å². The van der Waals surface area contributed by atoms with Crippen molar-refractivity contribution in [2.75, 3.05) is 32.7 Å². The third-order valence-electron chi connectivity index (χ3n) is 3.62. The molecular formula is C15H24N2O4. The van der Waals surface area contributed by atoms with E-state index < -0.39 is 11.6 Å². The van der Waals surface area contributed by atoms with Gasteiger partial charge in [-0.05, 0) is 26.8 Å². The molecule has 6 nitrogen and oxygen atoms in total. The van der Waals surface area contributed by atoms with Gasteiger partial charge < -0.3 is 14.6 Å². The molecule has 0 atom stereocenters. The van der Waals surface area contributed by atoms with E-state index in [2.05, 4.69) is 9.80 Å². The van der Waals surface area contributed by atoms with Gasteiger partial charge in [0.15, 0.2) is 0 Å². The lowest BCUT2D eigenvalue weighted by Crippen LogP contribution is -2.50. The molecular weight excluding hydrogens is 272 g/mol. The van der Waals surface area contributed by atoms with E-state index in [9.17, 15) is 9.90 Å². The van der Waals surface area contributed by atoms with Gasteiger partial charge in [-0.15, -0.1) is 0 Å². The highest BCUT2D eigenvalue weighted by molar-refractivity contribution is 5.86. The summed E-state index contributed by atoms with van der Waals surface area (Å²) in [5.41, 5.74) is -0.00499. The van der Waals surface area contributed by atoms with Crippen LogP contribution < -0.4 is 0 Å². The van der Waals surface area contributed by atoms with Crippen LogP contribution in [0.2, 0.25) is 0 Å². The minimum absolute atomic E-state index is 0.0330. The number of β-amino-alcohol motifs (C(OH)–C–C–N with tert-alkyl or cyclic N) is 1. The van der Waals surface area contributed by atoms with Crippen molar-refractivity contribution in [3.63, 3.8) is 0 Å². The van der Waals surface area contributed by atoms with Crippen LogP contribution in [-0.2, 0) is 6.54 Å². The number of hydrogen-bond acceptors (Lipinski definition) is 5. The summed E-state index contributed by atoms with van der Waals surface area (Å²) in [4.78, 5) is 15.4. The number of carboxylic acid groups (broad SMARTS) is 1. The Hall–Kier alpha value is -1.37. The first kappa shape index (κ1) is 16.0. The number of furan rings is 1. The topological polar surface area (TPSA) is 77.2 Å². The van der Waals surface area contributed by atoms with Crippen molar-refractivity contribution in [2.45, 2.75) is 32.9 Å². The zero-order chi connectivity index (χ0) is 15.6. The zero-order valence-electron chi connectivity index (χ0n) is 12.9. The minimum atomic E-state index is -1.02. The zero-order valence-corrected chi connectivity index (χ0v) is 12.9. The van der Waals surface area contributed by atoms with E-state index in [0.29, 0.717) is 24.4 Å². The molecule has 1 saturated heterocycles. The number of aliphatic hydroxyl groups is 1. The lowest BCUT2D eigenvalue weighted by molar-refractivity contribution is 0.0157. The Morgan fingerprint density at radius 3 is 2.33 bits per heavy atom. The number of rotatable bonds is 5. The first-order chi connectivity index (χ1) is 9.74. The number of carbonyl (C=O) groups is 1. The molecule has 118 valence electrons. The van der Waals surface area contributed by atoms with Gasteiger partial charge in [0.1, 0.15) is 5.76 Å². The Kier molecular flexibility index (Phi) is 4.70. The Balaban J connectivity index is 1.86. The molecule has 1 aliphatic heterocycles. The molecule has 1 aromatic rings. The van der Waals surface area contributed by atoms with Crippen LogP contribution in [0, 0.1) is 6.92 Å². The fourth-order valence-corrected chi connectivity index (χ4v) is 2.71. The van der Waals surface area contributed by atoms with Gasteiger partial charge in [0.2, 0.25) is 5.76 Å². The third kappa shape index (κ3) is 4.56. The quantitative estimate of drug-likeness (QED) is 0.849. The highest BCUT2D eigenvalue weighted by Gasteiger charge is 2.23. The average molecular weight is 296 g/mol. The maximum atomic E-state index is 11.0. The number of carboxylic acids is 1. The van der Waals surface area contributed by atoms with Crippen LogP contribution in [0.25, 0.3) is 0 Å². The fraction of sp³-hybridized carbons (Fsp3) is 0.667. The van der Waals surface area contributed by atoms with Crippen LogP contribution in [-0.4, -0.2) is 64.3 Å². The maximum absolute atomic E-state index is 11.0. The van der Waals surface area contributed by atoms with Gasteiger partial charge in [0.05, 0.1) is 12.1 Å². The molecule has 21 heavy (non-hydrogen) atoms. The molecule has 2 heterocycles. The first-order valence-corrected chi connectivity index (χ1v) is 7.24. The molecule has 0 saturated carbocycles. The Labute approximate surface area is 125 Å². The molecule has 0 aromatic carbocycles. The van der Waals surface area contributed by atoms with Gasteiger partial charge in [-0.2, -0.15) is 0 Å². The SMILES string of the molecule is Cc1cc(CN2CCN(CC(C)(C)O)CC2)oc1C(=O)O. The van der Waals surface area contributed by atoms with Gasteiger partial charge in [-0.1, -0.05) is 0 Å². The van der Waals surface area contributed by atoms with Crippen molar-refractivity contribution in [2.24, 2.45) is 0 Å². The molecule has 1 aliphatic rings. The summed E-state index contributed by atoms with van der Waals surface area (Å²) in [6, 6.07) is 1.80. The van der Waals surface area contributed by atoms with Crippen molar-refractivity contribution in [1.29, 1.82) is 0 Å². The van der Waals surface area contributed by atoms with Gasteiger partial charge in [0, 0.05) is 38.3 Å². The van der Waals surface area contributed by atoms with Gasteiger partial charge >= 0.3 is 5.97 Å². The van der Waals surface area contributed by atoms with Crippen LogP contribution >= 0.6 is 0 Å². The van der Waals surface area contributed by atoms with E-state index in [-0.39, 0.29) is 5.76 Å². The minimum Gasteiger partial charge on any atom is -0.475 e. The van der Waals surface area contributed by atoms with Crippen molar-refractivity contribution < 1.29 is 19.4 Å². The van der Waals surface area contributed by atoms with Crippen molar-refractivity contribution in [3.05, 3.63) is 23.2 Å². The summed E-state index contributed by atoms with van der Waals surface area (Å²) in [6.45, 7) is 10.3. The highest BCUT2D eigenvalue weighted by atomic mass is 16.4. The second-order valence-electron chi connectivity index (χ2n) is 6.39. The molecule has 0 amide bonds. The first-order valence-electron chi connectivity index (χ1n) is 7.24. The van der Waals surface area contributed by atoms with Crippen LogP contribution in [0.1, 0.15) is 35.7 Å². The molecule has 2 rings (SSSR count). The number of piperazine rings is 1. The van der Waals surface area contributed by atoms with Gasteiger partial charge in [-0.3, -0.25) is 9.80 Å². The Bertz CT molecular complexity index is 496. The Morgan fingerprint density at radius 2 is 1.86 bits per heavy atom. The normalized spacial score (nSPS) is 18.1. The second kappa shape index (κ2) is 6.17. The van der Waals surface area contributed by atoms with Crippen molar-refractivity contribution in [3.8, 4) is 0 Å². The van der Waals surface area contributed by atoms with E-state index in [1.54, 1.807) is 13.0 Å². The number of aromatic carboxylic acids is 1. The van der Waals surface area contributed by atoms with E-state index in [1.807, 2.05) is 13.8 Å². The molecule has 0 aliphatic carbocycles. The summed E-state index contributed by atoms with van der Waals surface area (Å²) in [5, 5.41) is 18.8. The van der Waals surface area contributed by atoms with Crippen LogP contribution in [0.3, 0.4) is 0 Å². The number of hydrogen-bond donors (Lipinski definition) is 2. The largest absolute Gasteiger partial charge is 0.475 e. The van der Waals surface area contributed by atoms with Gasteiger partial charge in [0.25, 0.3) is 0 Å². The number of aryl methyl sites for hydroxylation is 1. The highest BCUT2D eigenvalue weighted by Crippen LogP contribution is 2.17. The summed E-state index contributed by atoms with van der Waals surface area (Å²) in [6.07, 6.45) is 0.